The first-order chi connectivity index (χ1) is 17.3. The number of rotatable bonds is 9. The first kappa shape index (κ1) is 26.0. The van der Waals surface area contributed by atoms with Gasteiger partial charge in [-0.05, 0) is 62.4 Å². The highest BCUT2D eigenvalue weighted by Crippen LogP contribution is 2.32. The van der Waals surface area contributed by atoms with E-state index in [0.717, 1.165) is 41.4 Å². The van der Waals surface area contributed by atoms with Crippen LogP contribution in [0.5, 0.6) is 0 Å². The molecule has 1 aliphatic rings. The number of pyridine rings is 1. The Morgan fingerprint density at radius 3 is 2.50 bits per heavy atom. The van der Waals surface area contributed by atoms with Crippen LogP contribution in [0.3, 0.4) is 0 Å². The molecule has 2 aromatic carbocycles. The van der Waals surface area contributed by atoms with Crippen LogP contribution in [0.15, 0.2) is 48.5 Å². The molecule has 0 spiro atoms. The summed E-state index contributed by atoms with van der Waals surface area (Å²) >= 11 is 0. The van der Waals surface area contributed by atoms with E-state index in [1.54, 1.807) is 13.0 Å². The maximum absolute atomic E-state index is 13.4. The Morgan fingerprint density at radius 2 is 1.81 bits per heavy atom. The second kappa shape index (κ2) is 11.3. The van der Waals surface area contributed by atoms with Crippen molar-refractivity contribution in [2.45, 2.75) is 58.8 Å². The molecule has 36 heavy (non-hydrogen) atoms. The molecule has 0 saturated heterocycles. The third kappa shape index (κ3) is 6.36. The van der Waals surface area contributed by atoms with Crippen molar-refractivity contribution in [3.8, 4) is 6.07 Å². The molecule has 0 N–H and O–H groups in total. The van der Waals surface area contributed by atoms with E-state index in [1.807, 2.05) is 29.2 Å². The van der Waals surface area contributed by atoms with Crippen LogP contribution in [0.4, 0.5) is 19.0 Å². The zero-order valence-corrected chi connectivity index (χ0v) is 21.0. The van der Waals surface area contributed by atoms with Gasteiger partial charge in [0.1, 0.15) is 5.82 Å². The number of hydrogen-bond donors (Lipinski definition) is 0. The first-order valence-corrected chi connectivity index (χ1v) is 12.7. The van der Waals surface area contributed by atoms with E-state index >= 15 is 0 Å². The van der Waals surface area contributed by atoms with Crippen LogP contribution in [0.1, 0.15) is 54.9 Å². The molecule has 190 valence electrons. The Bertz CT molecular complexity index is 1230. The van der Waals surface area contributed by atoms with Crippen LogP contribution in [-0.4, -0.2) is 29.5 Å². The summed E-state index contributed by atoms with van der Waals surface area (Å²) in [6, 6.07) is 16.4. The minimum Gasteiger partial charge on any atom is -0.356 e. The molecule has 1 fully saturated rings. The second-order valence-electron chi connectivity index (χ2n) is 9.86. The molecule has 0 amide bonds. The molecule has 0 radical (unpaired) electrons. The van der Waals surface area contributed by atoms with Gasteiger partial charge in [-0.15, -0.1) is 0 Å². The van der Waals surface area contributed by atoms with E-state index in [9.17, 15) is 18.4 Å². The lowest BCUT2D eigenvalue weighted by atomic mass is 10.0. The summed E-state index contributed by atoms with van der Waals surface area (Å²) in [5.74, 6) is 1.56. The van der Waals surface area contributed by atoms with Gasteiger partial charge in [0.25, 0.3) is 0 Å². The summed E-state index contributed by atoms with van der Waals surface area (Å²) in [4.78, 5) is 9.26. The van der Waals surface area contributed by atoms with E-state index in [1.165, 1.54) is 31.7 Å². The molecule has 1 heterocycles. The average molecular weight is 495 g/mol. The van der Waals surface area contributed by atoms with Crippen molar-refractivity contribution in [3.63, 3.8) is 0 Å². The van der Waals surface area contributed by atoms with Crippen molar-refractivity contribution in [3.05, 3.63) is 70.8 Å². The van der Waals surface area contributed by atoms with Gasteiger partial charge in [-0.3, -0.25) is 4.90 Å². The van der Waals surface area contributed by atoms with Gasteiger partial charge in [-0.25, -0.2) is 4.98 Å². The highest BCUT2D eigenvalue weighted by atomic mass is 19.4. The lowest BCUT2D eigenvalue weighted by Gasteiger charge is -2.29. The summed E-state index contributed by atoms with van der Waals surface area (Å²) in [6.45, 7) is 6.35. The van der Waals surface area contributed by atoms with Gasteiger partial charge in [0.15, 0.2) is 0 Å². The molecule has 0 unspecified atom stereocenters. The van der Waals surface area contributed by atoms with Crippen LogP contribution in [0.2, 0.25) is 0 Å². The Balaban J connectivity index is 1.67. The summed E-state index contributed by atoms with van der Waals surface area (Å²) in [5.41, 5.74) is 2.36. The molecular formula is C29H33F3N4. The quantitative estimate of drug-likeness (QED) is 0.298. The zero-order valence-electron chi connectivity index (χ0n) is 21.0. The number of nitrogens with zero attached hydrogens (tertiary/aromatic N) is 4. The predicted octanol–water partition coefficient (Wildman–Crippen LogP) is 7.10. The average Bonchev–Trinajstić information content (AvgIpc) is 3.35. The SMILES string of the molecule is CCN(CC1CCCC1)c1nc2ccccc2cc1CN(CC#N)Cc1cc(C)cc(C(F)(F)F)c1. The molecule has 0 atom stereocenters. The number of aromatic nitrogens is 1. The number of halogens is 3. The summed E-state index contributed by atoms with van der Waals surface area (Å²) in [7, 11) is 0. The number of alkyl halides is 3. The fraction of sp³-hybridized carbons (Fsp3) is 0.448. The van der Waals surface area contributed by atoms with Gasteiger partial charge in [0.05, 0.1) is 23.7 Å². The van der Waals surface area contributed by atoms with Gasteiger partial charge >= 0.3 is 6.18 Å². The van der Waals surface area contributed by atoms with Crippen molar-refractivity contribution >= 4 is 16.7 Å². The first-order valence-electron chi connectivity index (χ1n) is 12.7. The van der Waals surface area contributed by atoms with Crippen molar-refractivity contribution in [2.75, 3.05) is 24.5 Å². The van der Waals surface area contributed by atoms with Gasteiger partial charge in [0.2, 0.25) is 0 Å². The molecule has 7 heteroatoms. The monoisotopic (exact) mass is 494 g/mol. The van der Waals surface area contributed by atoms with Gasteiger partial charge < -0.3 is 4.90 Å². The molecular weight excluding hydrogens is 461 g/mol. The topological polar surface area (TPSA) is 43.2 Å². The number of aryl methyl sites for hydroxylation is 1. The summed E-state index contributed by atoms with van der Waals surface area (Å²) < 4.78 is 40.2. The molecule has 1 aliphatic carbocycles. The molecule has 4 rings (SSSR count). The van der Waals surface area contributed by atoms with Crippen LogP contribution >= 0.6 is 0 Å². The lowest BCUT2D eigenvalue weighted by Crippen LogP contribution is -2.31. The normalized spacial score (nSPS) is 14.5. The van der Waals surface area contributed by atoms with Gasteiger partial charge in [0, 0.05) is 37.1 Å². The van der Waals surface area contributed by atoms with Crippen molar-refractivity contribution < 1.29 is 13.2 Å². The maximum Gasteiger partial charge on any atom is 0.416 e. The second-order valence-corrected chi connectivity index (χ2v) is 9.86. The molecule has 1 aromatic heterocycles. The Morgan fingerprint density at radius 1 is 1.06 bits per heavy atom. The van der Waals surface area contributed by atoms with E-state index in [0.29, 0.717) is 23.6 Å². The molecule has 1 saturated carbocycles. The lowest BCUT2D eigenvalue weighted by molar-refractivity contribution is -0.137. The van der Waals surface area contributed by atoms with Crippen molar-refractivity contribution in [1.29, 1.82) is 5.26 Å². The van der Waals surface area contributed by atoms with Crippen LogP contribution in [-0.2, 0) is 19.3 Å². The molecule has 3 aromatic rings. The summed E-state index contributed by atoms with van der Waals surface area (Å²) in [6.07, 6.45) is 0.598. The fourth-order valence-corrected chi connectivity index (χ4v) is 5.29. The maximum atomic E-state index is 13.4. The highest BCUT2D eigenvalue weighted by Gasteiger charge is 2.31. The Labute approximate surface area is 211 Å². The predicted molar refractivity (Wildman–Crippen MR) is 137 cm³/mol. The van der Waals surface area contributed by atoms with Crippen molar-refractivity contribution in [1.82, 2.24) is 9.88 Å². The number of hydrogen-bond acceptors (Lipinski definition) is 4. The van der Waals surface area contributed by atoms with E-state index in [4.69, 9.17) is 4.98 Å². The summed E-state index contributed by atoms with van der Waals surface area (Å²) in [5, 5.41) is 10.5. The van der Waals surface area contributed by atoms with Crippen LogP contribution < -0.4 is 4.90 Å². The standard InChI is InChI=1S/C29H33F3N4/c1-3-36(19-22-8-4-5-9-22)28-25(17-24-10-6-7-11-27(24)34-28)20-35(13-12-33)18-23-14-21(2)15-26(16-23)29(30,31)32/h6-7,10-11,14-17,22H,3-5,8-9,13,18-20H2,1-2H3. The number of nitriles is 1. The van der Waals surface area contributed by atoms with E-state index < -0.39 is 11.7 Å². The third-order valence-electron chi connectivity index (χ3n) is 6.97. The fourth-order valence-electron chi connectivity index (χ4n) is 5.29. The molecule has 0 bridgehead atoms. The van der Waals surface area contributed by atoms with Gasteiger partial charge in [-0.2, -0.15) is 18.4 Å². The number of para-hydroxylation sites is 1. The van der Waals surface area contributed by atoms with Crippen LogP contribution in [0.25, 0.3) is 10.9 Å². The minimum absolute atomic E-state index is 0.107. The number of benzene rings is 2. The molecule has 4 nitrogen and oxygen atoms in total. The van der Waals surface area contributed by atoms with E-state index in [2.05, 4.69) is 24.0 Å². The Hall–Kier alpha value is -3.11. The highest BCUT2D eigenvalue weighted by molar-refractivity contribution is 5.81. The largest absolute Gasteiger partial charge is 0.416 e. The van der Waals surface area contributed by atoms with Crippen LogP contribution in [0, 0.1) is 24.2 Å². The third-order valence-corrected chi connectivity index (χ3v) is 6.97. The molecule has 0 aliphatic heterocycles. The van der Waals surface area contributed by atoms with Gasteiger partial charge in [-0.1, -0.05) is 42.7 Å². The number of anilines is 1. The zero-order chi connectivity index (χ0) is 25.7. The number of fused-ring (bicyclic) bond motifs is 1. The van der Waals surface area contributed by atoms with Crippen molar-refractivity contribution in [2.24, 2.45) is 5.92 Å². The Kier molecular flexibility index (Phi) is 8.15. The minimum atomic E-state index is -4.40. The van der Waals surface area contributed by atoms with E-state index in [-0.39, 0.29) is 13.1 Å². The smallest absolute Gasteiger partial charge is 0.356 e.